The van der Waals surface area contributed by atoms with Crippen LogP contribution < -0.4 is 16.4 Å². The molecule has 0 saturated heterocycles. The van der Waals surface area contributed by atoms with Gasteiger partial charge in [0.25, 0.3) is 11.1 Å². The van der Waals surface area contributed by atoms with Gasteiger partial charge in [-0.25, -0.2) is 9.67 Å². The smallest absolute Gasteiger partial charge is 0.267 e. The van der Waals surface area contributed by atoms with Gasteiger partial charge in [0, 0.05) is 23.9 Å². The maximum absolute atomic E-state index is 12.8. The number of H-pyrrole nitrogens is 1. The van der Waals surface area contributed by atoms with E-state index in [0.717, 1.165) is 30.5 Å². The van der Waals surface area contributed by atoms with E-state index in [1.54, 1.807) is 32.9 Å². The number of aromatic amines is 1. The van der Waals surface area contributed by atoms with Crippen molar-refractivity contribution in [2.45, 2.75) is 46.1 Å². The largest absolute Gasteiger partial charge is 0.309 e. The number of nitrogens with one attached hydrogen (secondary N) is 2. The predicted octanol–water partition coefficient (Wildman–Crippen LogP) is 0.818. The zero-order valence-corrected chi connectivity index (χ0v) is 16.4. The first-order valence-electron chi connectivity index (χ1n) is 9.39. The summed E-state index contributed by atoms with van der Waals surface area (Å²) >= 11 is 0. The number of carbonyl (C=O) groups is 1. The van der Waals surface area contributed by atoms with Crippen LogP contribution >= 0.6 is 0 Å². The molecular formula is C19H21N7O3. The fourth-order valence-electron chi connectivity index (χ4n) is 3.45. The zero-order valence-electron chi connectivity index (χ0n) is 16.4. The van der Waals surface area contributed by atoms with Crippen LogP contribution in [0, 0.1) is 13.8 Å². The Balaban J connectivity index is 1.64. The van der Waals surface area contributed by atoms with Crippen LogP contribution in [-0.2, 0) is 17.6 Å². The molecule has 0 unspecified atom stereocenters. The standard InChI is InChI=1S/C19H21N7O3/c1-10-8-16(27)22-19(20-10)26-15(7-11(2)23-26)21-18(29)12(3)25-17(28)9-13-5-4-6-14(13)24-25/h7-9,12H,4-6H2,1-3H3,(H,21,29)(H,20,22,27)/t12-/m0/s1. The molecule has 3 aromatic rings. The Kier molecular flexibility index (Phi) is 4.61. The first-order valence-corrected chi connectivity index (χ1v) is 9.39. The van der Waals surface area contributed by atoms with E-state index < -0.39 is 11.9 Å². The van der Waals surface area contributed by atoms with Crippen LogP contribution in [-0.4, -0.2) is 35.4 Å². The van der Waals surface area contributed by atoms with Gasteiger partial charge in [0.1, 0.15) is 11.9 Å². The summed E-state index contributed by atoms with van der Waals surface area (Å²) in [5.41, 5.74) is 2.36. The Morgan fingerprint density at radius 1 is 1.14 bits per heavy atom. The van der Waals surface area contributed by atoms with E-state index in [9.17, 15) is 14.4 Å². The number of rotatable bonds is 4. The Morgan fingerprint density at radius 2 is 1.93 bits per heavy atom. The second kappa shape index (κ2) is 7.12. The third-order valence-electron chi connectivity index (χ3n) is 4.87. The SMILES string of the molecule is Cc1cc(=O)[nH]c(-n2nc(C)cc2NC(=O)[C@H](C)n2nc3c(cc2=O)CCC3)n1. The van der Waals surface area contributed by atoms with Crippen molar-refractivity contribution in [3.63, 3.8) is 0 Å². The van der Waals surface area contributed by atoms with Crippen LogP contribution in [0.3, 0.4) is 0 Å². The topological polar surface area (TPSA) is 128 Å². The van der Waals surface area contributed by atoms with Crippen molar-refractivity contribution in [1.29, 1.82) is 0 Å². The Morgan fingerprint density at radius 3 is 2.69 bits per heavy atom. The van der Waals surface area contributed by atoms with E-state index in [-0.39, 0.29) is 17.1 Å². The van der Waals surface area contributed by atoms with Crippen LogP contribution in [0.25, 0.3) is 5.95 Å². The molecule has 0 aromatic carbocycles. The molecule has 2 N–H and O–H groups in total. The second-order valence-electron chi connectivity index (χ2n) is 7.21. The molecule has 0 spiro atoms. The zero-order chi connectivity index (χ0) is 20.7. The number of hydrogen-bond donors (Lipinski definition) is 2. The summed E-state index contributed by atoms with van der Waals surface area (Å²) in [5, 5.41) is 11.4. The quantitative estimate of drug-likeness (QED) is 0.673. The number of anilines is 1. The molecule has 1 amide bonds. The molecule has 1 atom stereocenters. The third-order valence-corrected chi connectivity index (χ3v) is 4.87. The minimum Gasteiger partial charge on any atom is -0.309 e. The highest BCUT2D eigenvalue weighted by atomic mass is 16.2. The van der Waals surface area contributed by atoms with E-state index in [2.05, 4.69) is 25.5 Å². The fourth-order valence-corrected chi connectivity index (χ4v) is 3.45. The average Bonchev–Trinajstić information content (AvgIpc) is 3.25. The van der Waals surface area contributed by atoms with Crippen molar-refractivity contribution in [2.24, 2.45) is 0 Å². The van der Waals surface area contributed by atoms with Gasteiger partial charge in [0.05, 0.1) is 11.4 Å². The Hall–Kier alpha value is -3.56. The summed E-state index contributed by atoms with van der Waals surface area (Å²) in [4.78, 5) is 43.9. The Bertz CT molecular complexity index is 1220. The maximum Gasteiger partial charge on any atom is 0.267 e. The normalized spacial score (nSPS) is 13.9. The monoisotopic (exact) mass is 395 g/mol. The van der Waals surface area contributed by atoms with Gasteiger partial charge in [-0.05, 0) is 45.6 Å². The highest BCUT2D eigenvalue weighted by Crippen LogP contribution is 2.19. The summed E-state index contributed by atoms with van der Waals surface area (Å²) in [6.45, 7) is 5.07. The lowest BCUT2D eigenvalue weighted by atomic mass is 10.2. The van der Waals surface area contributed by atoms with Crippen LogP contribution in [0.15, 0.2) is 27.8 Å². The Labute approximate surface area is 165 Å². The molecule has 29 heavy (non-hydrogen) atoms. The number of carbonyl (C=O) groups excluding carboxylic acids is 1. The van der Waals surface area contributed by atoms with E-state index in [4.69, 9.17) is 0 Å². The van der Waals surface area contributed by atoms with Crippen LogP contribution in [0.5, 0.6) is 0 Å². The van der Waals surface area contributed by atoms with E-state index >= 15 is 0 Å². The van der Waals surface area contributed by atoms with Gasteiger partial charge in [-0.1, -0.05) is 0 Å². The average molecular weight is 395 g/mol. The summed E-state index contributed by atoms with van der Waals surface area (Å²) in [6.07, 6.45) is 2.62. The van der Waals surface area contributed by atoms with Gasteiger partial charge in [-0.3, -0.25) is 19.4 Å². The third kappa shape index (κ3) is 3.60. The number of aryl methyl sites for hydroxylation is 4. The van der Waals surface area contributed by atoms with Gasteiger partial charge < -0.3 is 5.32 Å². The molecule has 0 fully saturated rings. The molecule has 10 heteroatoms. The molecular weight excluding hydrogens is 374 g/mol. The maximum atomic E-state index is 12.8. The van der Waals surface area contributed by atoms with E-state index in [1.807, 2.05) is 0 Å². The fraction of sp³-hybridized carbons (Fsp3) is 0.368. The molecule has 0 saturated carbocycles. The molecule has 0 bridgehead atoms. The molecule has 3 heterocycles. The van der Waals surface area contributed by atoms with Crippen LogP contribution in [0.4, 0.5) is 5.82 Å². The number of fused-ring (bicyclic) bond motifs is 1. The van der Waals surface area contributed by atoms with Crippen LogP contribution in [0.2, 0.25) is 0 Å². The highest BCUT2D eigenvalue weighted by molar-refractivity contribution is 5.92. The molecule has 1 aliphatic carbocycles. The van der Waals surface area contributed by atoms with Gasteiger partial charge in [0.2, 0.25) is 11.9 Å². The first kappa shape index (κ1) is 18.8. The van der Waals surface area contributed by atoms with Gasteiger partial charge in [-0.15, -0.1) is 0 Å². The van der Waals surface area contributed by atoms with Crippen molar-refractivity contribution in [1.82, 2.24) is 29.5 Å². The van der Waals surface area contributed by atoms with Gasteiger partial charge >= 0.3 is 0 Å². The van der Waals surface area contributed by atoms with Crippen molar-refractivity contribution < 1.29 is 4.79 Å². The first-order chi connectivity index (χ1) is 13.8. The minimum absolute atomic E-state index is 0.193. The molecule has 0 radical (unpaired) electrons. The molecule has 150 valence electrons. The highest BCUT2D eigenvalue weighted by Gasteiger charge is 2.23. The lowest BCUT2D eigenvalue weighted by Crippen LogP contribution is -2.34. The summed E-state index contributed by atoms with van der Waals surface area (Å²) < 4.78 is 2.56. The van der Waals surface area contributed by atoms with Gasteiger partial charge in [-0.2, -0.15) is 14.9 Å². The van der Waals surface area contributed by atoms with Gasteiger partial charge in [0.15, 0.2) is 0 Å². The summed E-state index contributed by atoms with van der Waals surface area (Å²) in [7, 11) is 0. The molecule has 10 nitrogen and oxygen atoms in total. The molecule has 0 aliphatic heterocycles. The predicted molar refractivity (Wildman–Crippen MR) is 105 cm³/mol. The summed E-state index contributed by atoms with van der Waals surface area (Å²) in [5.74, 6) is 0.106. The van der Waals surface area contributed by atoms with E-state index in [0.29, 0.717) is 17.2 Å². The molecule has 1 aliphatic rings. The number of amides is 1. The minimum atomic E-state index is -0.818. The van der Waals surface area contributed by atoms with Crippen molar-refractivity contribution in [2.75, 3.05) is 5.32 Å². The lowest BCUT2D eigenvalue weighted by molar-refractivity contribution is -0.119. The van der Waals surface area contributed by atoms with Crippen LogP contribution in [0.1, 0.15) is 42.0 Å². The van der Waals surface area contributed by atoms with Crippen molar-refractivity contribution >= 4 is 11.7 Å². The number of nitrogens with zero attached hydrogens (tertiary/aromatic N) is 5. The number of hydrogen-bond acceptors (Lipinski definition) is 6. The summed E-state index contributed by atoms with van der Waals surface area (Å²) in [6, 6.07) is 3.77. The molecule has 4 rings (SSSR count). The number of aromatic nitrogens is 6. The van der Waals surface area contributed by atoms with Crippen molar-refractivity contribution in [3.05, 3.63) is 61.6 Å². The molecule has 3 aromatic heterocycles. The second-order valence-corrected chi connectivity index (χ2v) is 7.21. The lowest BCUT2D eigenvalue weighted by Gasteiger charge is -2.15. The van der Waals surface area contributed by atoms with Crippen molar-refractivity contribution in [3.8, 4) is 5.95 Å². The van der Waals surface area contributed by atoms with E-state index in [1.165, 1.54) is 15.4 Å².